The van der Waals surface area contributed by atoms with Gasteiger partial charge in [0, 0.05) is 17.1 Å². The fraction of sp³-hybridized carbons (Fsp3) is 0.0667. The zero-order valence-corrected chi connectivity index (χ0v) is 10.5. The van der Waals surface area contributed by atoms with Crippen molar-refractivity contribution >= 4 is 22.5 Å². The Labute approximate surface area is 110 Å². The van der Waals surface area contributed by atoms with E-state index in [-0.39, 0.29) is 5.91 Å². The highest BCUT2D eigenvalue weighted by Crippen LogP contribution is 2.17. The van der Waals surface area contributed by atoms with E-state index in [1.807, 2.05) is 43.3 Å². The van der Waals surface area contributed by atoms with Crippen molar-refractivity contribution in [1.82, 2.24) is 9.97 Å². The highest BCUT2D eigenvalue weighted by molar-refractivity contribution is 6.06. The molecule has 94 valence electrons. The van der Waals surface area contributed by atoms with Crippen molar-refractivity contribution in [2.24, 2.45) is 0 Å². The third-order valence-electron chi connectivity index (χ3n) is 3.03. The molecule has 0 aliphatic heterocycles. The van der Waals surface area contributed by atoms with E-state index >= 15 is 0 Å². The molecule has 4 nitrogen and oxygen atoms in total. The predicted molar refractivity (Wildman–Crippen MR) is 75.2 cm³/mol. The number of aromatic amines is 1. The van der Waals surface area contributed by atoms with E-state index < -0.39 is 0 Å². The number of anilines is 1. The normalized spacial score (nSPS) is 10.6. The Kier molecular flexibility index (Phi) is 2.76. The molecule has 0 spiro atoms. The number of nitrogens with one attached hydrogen (secondary N) is 2. The second-order valence-corrected chi connectivity index (χ2v) is 4.36. The van der Waals surface area contributed by atoms with Crippen LogP contribution in [0.1, 0.15) is 16.2 Å². The van der Waals surface area contributed by atoms with Gasteiger partial charge in [-0.05, 0) is 31.2 Å². The monoisotopic (exact) mass is 251 g/mol. The van der Waals surface area contributed by atoms with E-state index in [0.29, 0.717) is 5.69 Å². The first kappa shape index (κ1) is 11.5. The van der Waals surface area contributed by atoms with Crippen molar-refractivity contribution in [1.29, 1.82) is 0 Å². The van der Waals surface area contributed by atoms with E-state index in [9.17, 15) is 4.79 Å². The van der Waals surface area contributed by atoms with Gasteiger partial charge in [0.1, 0.15) is 5.69 Å². The number of aryl methyl sites for hydroxylation is 1. The molecule has 0 atom stereocenters. The minimum Gasteiger partial charge on any atom is -0.351 e. The van der Waals surface area contributed by atoms with Crippen molar-refractivity contribution in [2.45, 2.75) is 6.92 Å². The summed E-state index contributed by atoms with van der Waals surface area (Å²) < 4.78 is 0. The van der Waals surface area contributed by atoms with Gasteiger partial charge in [-0.2, -0.15) is 0 Å². The number of nitrogens with zero attached hydrogens (tertiary/aromatic N) is 1. The van der Waals surface area contributed by atoms with Crippen LogP contribution in [0.5, 0.6) is 0 Å². The summed E-state index contributed by atoms with van der Waals surface area (Å²) in [6.45, 7) is 1.86. The number of benzene rings is 1. The van der Waals surface area contributed by atoms with Gasteiger partial charge in [-0.25, -0.2) is 0 Å². The Balaban J connectivity index is 1.90. The van der Waals surface area contributed by atoms with E-state index in [4.69, 9.17) is 0 Å². The molecule has 2 N–H and O–H groups in total. The first-order valence-electron chi connectivity index (χ1n) is 6.05. The summed E-state index contributed by atoms with van der Waals surface area (Å²) in [6.07, 6.45) is 1.70. The number of fused-ring (bicyclic) bond motifs is 1. The molecule has 0 saturated heterocycles. The molecule has 0 unspecified atom stereocenters. The number of para-hydroxylation sites is 1. The first-order chi connectivity index (χ1) is 9.24. The van der Waals surface area contributed by atoms with E-state index in [1.165, 1.54) is 0 Å². The smallest absolute Gasteiger partial charge is 0.272 e. The number of aromatic nitrogens is 2. The Morgan fingerprint density at radius 3 is 2.84 bits per heavy atom. The Morgan fingerprint density at radius 2 is 2.05 bits per heavy atom. The zero-order chi connectivity index (χ0) is 13.2. The molecule has 3 aromatic rings. The first-order valence-corrected chi connectivity index (χ1v) is 6.05. The van der Waals surface area contributed by atoms with Gasteiger partial charge in [-0.1, -0.05) is 18.2 Å². The summed E-state index contributed by atoms with van der Waals surface area (Å²) in [7, 11) is 0. The standard InChI is InChI=1S/C15H13N3O/c1-10-12(7-4-8-16-10)18-15(19)14-9-11-5-2-3-6-13(11)17-14/h2-9,17H,1H3,(H,18,19). The van der Waals surface area contributed by atoms with Crippen LogP contribution in [0.15, 0.2) is 48.7 Å². The predicted octanol–water partition coefficient (Wildman–Crippen LogP) is 3.12. The maximum atomic E-state index is 12.2. The van der Waals surface area contributed by atoms with Gasteiger partial charge >= 0.3 is 0 Å². The zero-order valence-electron chi connectivity index (χ0n) is 10.5. The van der Waals surface area contributed by atoms with Crippen LogP contribution in [-0.2, 0) is 0 Å². The van der Waals surface area contributed by atoms with Crippen molar-refractivity contribution < 1.29 is 4.79 Å². The maximum absolute atomic E-state index is 12.2. The second kappa shape index (κ2) is 4.57. The van der Waals surface area contributed by atoms with E-state index in [0.717, 1.165) is 22.3 Å². The van der Waals surface area contributed by atoms with Crippen molar-refractivity contribution in [3.8, 4) is 0 Å². The Bertz CT molecular complexity index is 713. The number of hydrogen-bond acceptors (Lipinski definition) is 2. The number of H-pyrrole nitrogens is 1. The average molecular weight is 251 g/mol. The van der Waals surface area contributed by atoms with Crippen molar-refractivity contribution in [2.75, 3.05) is 5.32 Å². The van der Waals surface area contributed by atoms with Crippen molar-refractivity contribution in [3.63, 3.8) is 0 Å². The minimum atomic E-state index is -0.160. The number of amides is 1. The van der Waals surface area contributed by atoms with Gasteiger partial charge in [0.25, 0.3) is 5.91 Å². The molecule has 1 aromatic carbocycles. The van der Waals surface area contributed by atoms with Crippen LogP contribution < -0.4 is 5.32 Å². The topological polar surface area (TPSA) is 57.8 Å². The largest absolute Gasteiger partial charge is 0.351 e. The summed E-state index contributed by atoms with van der Waals surface area (Å²) in [6, 6.07) is 13.3. The average Bonchev–Trinajstić information content (AvgIpc) is 2.85. The molecule has 0 bridgehead atoms. The molecule has 19 heavy (non-hydrogen) atoms. The van der Waals surface area contributed by atoms with Crippen LogP contribution in [0.2, 0.25) is 0 Å². The molecule has 3 rings (SSSR count). The lowest BCUT2D eigenvalue weighted by Crippen LogP contribution is -2.13. The summed E-state index contributed by atoms with van der Waals surface area (Å²) in [4.78, 5) is 19.4. The molecular formula is C15H13N3O. The summed E-state index contributed by atoms with van der Waals surface area (Å²) in [5.41, 5.74) is 3.03. The molecule has 0 saturated carbocycles. The van der Waals surface area contributed by atoms with Crippen LogP contribution in [-0.4, -0.2) is 15.9 Å². The van der Waals surface area contributed by atoms with Crippen LogP contribution in [0.4, 0.5) is 5.69 Å². The fourth-order valence-electron chi connectivity index (χ4n) is 2.00. The van der Waals surface area contributed by atoms with Gasteiger partial charge in [-0.3, -0.25) is 9.78 Å². The lowest BCUT2D eigenvalue weighted by atomic mass is 10.2. The molecule has 2 heterocycles. The molecule has 0 aliphatic rings. The lowest BCUT2D eigenvalue weighted by Gasteiger charge is -2.05. The Morgan fingerprint density at radius 1 is 1.21 bits per heavy atom. The number of carbonyl (C=O) groups is 1. The van der Waals surface area contributed by atoms with Crippen LogP contribution in [0.3, 0.4) is 0 Å². The number of carbonyl (C=O) groups excluding carboxylic acids is 1. The third kappa shape index (κ3) is 2.20. The minimum absolute atomic E-state index is 0.160. The van der Waals surface area contributed by atoms with Gasteiger partial charge in [0.05, 0.1) is 11.4 Å². The summed E-state index contributed by atoms with van der Waals surface area (Å²) in [5, 5.41) is 3.88. The molecule has 1 amide bonds. The number of hydrogen-bond donors (Lipinski definition) is 2. The van der Waals surface area contributed by atoms with Gasteiger partial charge < -0.3 is 10.3 Å². The SMILES string of the molecule is Cc1ncccc1NC(=O)c1cc2ccccc2[nH]1. The van der Waals surface area contributed by atoms with Crippen LogP contribution in [0.25, 0.3) is 10.9 Å². The highest BCUT2D eigenvalue weighted by Gasteiger charge is 2.10. The Hall–Kier alpha value is -2.62. The van der Waals surface area contributed by atoms with Gasteiger partial charge in [0.2, 0.25) is 0 Å². The highest BCUT2D eigenvalue weighted by atomic mass is 16.1. The molecular weight excluding hydrogens is 238 g/mol. The molecule has 0 aliphatic carbocycles. The van der Waals surface area contributed by atoms with E-state index in [1.54, 1.807) is 12.3 Å². The molecule has 0 fully saturated rings. The number of pyridine rings is 1. The quantitative estimate of drug-likeness (QED) is 0.735. The van der Waals surface area contributed by atoms with Crippen molar-refractivity contribution in [3.05, 3.63) is 60.0 Å². The number of rotatable bonds is 2. The van der Waals surface area contributed by atoms with Crippen LogP contribution in [0, 0.1) is 6.92 Å². The fourth-order valence-corrected chi connectivity index (χ4v) is 2.00. The summed E-state index contributed by atoms with van der Waals surface area (Å²) in [5.74, 6) is -0.160. The van der Waals surface area contributed by atoms with Gasteiger partial charge in [0.15, 0.2) is 0 Å². The maximum Gasteiger partial charge on any atom is 0.272 e. The molecule has 4 heteroatoms. The van der Waals surface area contributed by atoms with Gasteiger partial charge in [-0.15, -0.1) is 0 Å². The third-order valence-corrected chi connectivity index (χ3v) is 3.03. The molecule has 2 aromatic heterocycles. The molecule has 0 radical (unpaired) electrons. The van der Waals surface area contributed by atoms with E-state index in [2.05, 4.69) is 15.3 Å². The second-order valence-electron chi connectivity index (χ2n) is 4.36. The van der Waals surface area contributed by atoms with Crippen LogP contribution >= 0.6 is 0 Å². The lowest BCUT2D eigenvalue weighted by molar-refractivity contribution is 0.102. The summed E-state index contributed by atoms with van der Waals surface area (Å²) >= 11 is 0.